The zero-order valence-electron chi connectivity index (χ0n) is 11.7. The van der Waals surface area contributed by atoms with Gasteiger partial charge in [-0.1, -0.05) is 35.9 Å². The van der Waals surface area contributed by atoms with Gasteiger partial charge in [-0.05, 0) is 25.5 Å². The van der Waals surface area contributed by atoms with Gasteiger partial charge in [0.2, 0.25) is 0 Å². The fourth-order valence-electron chi connectivity index (χ4n) is 1.27. The third-order valence-corrected chi connectivity index (χ3v) is 2.33. The normalized spacial score (nSPS) is 9.50. The Morgan fingerprint density at radius 2 is 1.85 bits per heavy atom. The fourth-order valence-corrected chi connectivity index (χ4v) is 1.27. The zero-order valence-corrected chi connectivity index (χ0v) is 11.7. The molecular weight excluding hydrogens is 258 g/mol. The molecule has 0 saturated carbocycles. The number of hydrogen-bond donors (Lipinski definition) is 1. The number of rotatable bonds is 6. The number of carbonyl (C=O) groups excluding carboxylic acids is 2. The minimum absolute atomic E-state index is 0.166. The predicted octanol–water partition coefficient (Wildman–Crippen LogP) is 2.42. The van der Waals surface area contributed by atoms with Crippen LogP contribution in [-0.2, 0) is 20.9 Å². The summed E-state index contributed by atoms with van der Waals surface area (Å²) in [5.74, 6) is -0.501. The topological polar surface area (TPSA) is 64.6 Å². The molecule has 0 aliphatic rings. The van der Waals surface area contributed by atoms with Gasteiger partial charge in [0, 0.05) is 0 Å². The SMILES string of the molecule is CC(C)=CCOC(=O)CNC(=O)OCc1ccccc1. The van der Waals surface area contributed by atoms with Gasteiger partial charge < -0.3 is 14.8 Å². The molecule has 0 fully saturated rings. The fraction of sp³-hybridized carbons (Fsp3) is 0.333. The van der Waals surface area contributed by atoms with Crippen LogP contribution in [0.2, 0.25) is 0 Å². The van der Waals surface area contributed by atoms with Gasteiger partial charge >= 0.3 is 12.1 Å². The van der Waals surface area contributed by atoms with Crippen LogP contribution < -0.4 is 5.32 Å². The van der Waals surface area contributed by atoms with Gasteiger partial charge in [-0.2, -0.15) is 0 Å². The first-order valence-corrected chi connectivity index (χ1v) is 6.31. The molecular formula is C15H19NO4. The highest BCUT2D eigenvalue weighted by Gasteiger charge is 2.06. The summed E-state index contributed by atoms with van der Waals surface area (Å²) in [6, 6.07) is 9.29. The van der Waals surface area contributed by atoms with Crippen LogP contribution in [0.25, 0.3) is 0 Å². The molecule has 5 heteroatoms. The Kier molecular flexibility index (Phi) is 6.89. The summed E-state index contributed by atoms with van der Waals surface area (Å²) >= 11 is 0. The second-order valence-corrected chi connectivity index (χ2v) is 4.38. The molecule has 1 N–H and O–H groups in total. The molecule has 0 aromatic heterocycles. The zero-order chi connectivity index (χ0) is 14.8. The quantitative estimate of drug-likeness (QED) is 0.640. The lowest BCUT2D eigenvalue weighted by atomic mass is 10.2. The van der Waals surface area contributed by atoms with E-state index < -0.39 is 12.1 Å². The minimum atomic E-state index is -0.645. The highest BCUT2D eigenvalue weighted by Crippen LogP contribution is 2.00. The van der Waals surface area contributed by atoms with Crippen molar-refractivity contribution in [3.63, 3.8) is 0 Å². The average Bonchev–Trinajstić information content (AvgIpc) is 2.43. The van der Waals surface area contributed by atoms with Crippen molar-refractivity contribution in [2.45, 2.75) is 20.5 Å². The smallest absolute Gasteiger partial charge is 0.407 e. The molecule has 1 rings (SSSR count). The van der Waals surface area contributed by atoms with Crippen LogP contribution in [0.15, 0.2) is 42.0 Å². The second-order valence-electron chi connectivity index (χ2n) is 4.38. The number of amides is 1. The van der Waals surface area contributed by atoms with E-state index in [2.05, 4.69) is 5.32 Å². The summed E-state index contributed by atoms with van der Waals surface area (Å²) in [4.78, 5) is 22.6. The van der Waals surface area contributed by atoms with Gasteiger partial charge in [0.1, 0.15) is 19.8 Å². The van der Waals surface area contributed by atoms with Crippen LogP contribution in [0, 0.1) is 0 Å². The van der Waals surface area contributed by atoms with E-state index in [0.717, 1.165) is 11.1 Å². The summed E-state index contributed by atoms with van der Waals surface area (Å²) in [6.07, 6.45) is 1.14. The number of esters is 1. The Morgan fingerprint density at radius 1 is 1.15 bits per heavy atom. The molecule has 0 aliphatic heterocycles. The molecule has 0 atom stereocenters. The van der Waals surface area contributed by atoms with Crippen molar-refractivity contribution in [2.75, 3.05) is 13.2 Å². The first kappa shape index (κ1) is 15.8. The van der Waals surface area contributed by atoms with Gasteiger partial charge in [0.25, 0.3) is 0 Å². The maximum Gasteiger partial charge on any atom is 0.407 e. The van der Waals surface area contributed by atoms with E-state index in [-0.39, 0.29) is 19.8 Å². The molecule has 1 aromatic carbocycles. The predicted molar refractivity (Wildman–Crippen MR) is 75.0 cm³/mol. The molecule has 0 unspecified atom stereocenters. The Morgan fingerprint density at radius 3 is 2.50 bits per heavy atom. The number of ether oxygens (including phenoxy) is 2. The largest absolute Gasteiger partial charge is 0.460 e. The summed E-state index contributed by atoms with van der Waals surface area (Å²) in [6.45, 7) is 3.99. The number of hydrogen-bond acceptors (Lipinski definition) is 4. The Bertz CT molecular complexity index is 464. The lowest BCUT2D eigenvalue weighted by molar-refractivity contribution is -0.141. The molecule has 0 radical (unpaired) electrons. The molecule has 1 aromatic rings. The third-order valence-electron chi connectivity index (χ3n) is 2.33. The van der Waals surface area contributed by atoms with Crippen LogP contribution in [0.5, 0.6) is 0 Å². The molecule has 1 amide bonds. The van der Waals surface area contributed by atoms with E-state index in [1.165, 1.54) is 0 Å². The number of benzene rings is 1. The molecule has 5 nitrogen and oxygen atoms in total. The molecule has 0 bridgehead atoms. The summed E-state index contributed by atoms with van der Waals surface area (Å²) in [5.41, 5.74) is 1.95. The first-order chi connectivity index (χ1) is 9.58. The number of alkyl carbamates (subject to hydrolysis) is 1. The van der Waals surface area contributed by atoms with Crippen LogP contribution >= 0.6 is 0 Å². The van der Waals surface area contributed by atoms with E-state index in [9.17, 15) is 9.59 Å². The molecule has 0 aliphatic carbocycles. The van der Waals surface area contributed by atoms with E-state index in [4.69, 9.17) is 9.47 Å². The maximum atomic E-state index is 11.3. The Labute approximate surface area is 118 Å². The van der Waals surface area contributed by atoms with Crippen LogP contribution in [-0.4, -0.2) is 25.2 Å². The van der Waals surface area contributed by atoms with Crippen LogP contribution in [0.1, 0.15) is 19.4 Å². The average molecular weight is 277 g/mol. The van der Waals surface area contributed by atoms with Crippen molar-refractivity contribution in [1.29, 1.82) is 0 Å². The van der Waals surface area contributed by atoms with E-state index in [0.29, 0.717) is 0 Å². The lowest BCUT2D eigenvalue weighted by Gasteiger charge is -2.06. The van der Waals surface area contributed by atoms with Gasteiger partial charge in [-0.3, -0.25) is 4.79 Å². The van der Waals surface area contributed by atoms with Crippen molar-refractivity contribution in [3.8, 4) is 0 Å². The van der Waals surface area contributed by atoms with Gasteiger partial charge in [-0.15, -0.1) is 0 Å². The summed E-state index contributed by atoms with van der Waals surface area (Å²) in [5, 5.41) is 2.33. The number of carbonyl (C=O) groups is 2. The Hall–Kier alpha value is -2.30. The Balaban J connectivity index is 2.16. The lowest BCUT2D eigenvalue weighted by Crippen LogP contribution is -2.31. The second kappa shape index (κ2) is 8.74. The van der Waals surface area contributed by atoms with E-state index in [1.807, 2.05) is 44.2 Å². The number of allylic oxidation sites excluding steroid dienone is 1. The van der Waals surface area contributed by atoms with Crippen molar-refractivity contribution in [1.82, 2.24) is 5.32 Å². The molecule has 108 valence electrons. The molecule has 0 spiro atoms. The van der Waals surface area contributed by atoms with Crippen LogP contribution in [0.4, 0.5) is 4.79 Å². The standard InChI is InChI=1S/C15H19NO4/c1-12(2)8-9-19-14(17)10-16-15(18)20-11-13-6-4-3-5-7-13/h3-8H,9-11H2,1-2H3,(H,16,18). The maximum absolute atomic E-state index is 11.3. The molecule has 0 saturated heterocycles. The highest BCUT2D eigenvalue weighted by atomic mass is 16.6. The van der Waals surface area contributed by atoms with Crippen molar-refractivity contribution in [2.24, 2.45) is 0 Å². The minimum Gasteiger partial charge on any atom is -0.460 e. The van der Waals surface area contributed by atoms with E-state index >= 15 is 0 Å². The van der Waals surface area contributed by atoms with Crippen molar-refractivity contribution >= 4 is 12.1 Å². The van der Waals surface area contributed by atoms with Gasteiger partial charge in [0.15, 0.2) is 0 Å². The molecule has 0 heterocycles. The number of nitrogens with one attached hydrogen (secondary N) is 1. The van der Waals surface area contributed by atoms with Gasteiger partial charge in [-0.25, -0.2) is 4.79 Å². The summed E-state index contributed by atoms with van der Waals surface area (Å²) < 4.78 is 9.83. The van der Waals surface area contributed by atoms with Crippen molar-refractivity contribution in [3.05, 3.63) is 47.5 Å². The van der Waals surface area contributed by atoms with Crippen molar-refractivity contribution < 1.29 is 19.1 Å². The van der Waals surface area contributed by atoms with Gasteiger partial charge in [0.05, 0.1) is 0 Å². The van der Waals surface area contributed by atoms with Crippen LogP contribution in [0.3, 0.4) is 0 Å². The van der Waals surface area contributed by atoms with E-state index in [1.54, 1.807) is 6.08 Å². The summed E-state index contributed by atoms with van der Waals surface area (Å²) in [7, 11) is 0. The first-order valence-electron chi connectivity index (χ1n) is 6.31. The third kappa shape index (κ3) is 7.20. The highest BCUT2D eigenvalue weighted by molar-refractivity contribution is 5.77. The molecule has 20 heavy (non-hydrogen) atoms. The monoisotopic (exact) mass is 277 g/mol.